The smallest absolute Gasteiger partial charge is 0.417 e. The Morgan fingerprint density at radius 3 is 2.69 bits per heavy atom. The Hall–Kier alpha value is -3.28. The molecule has 1 saturated carbocycles. The fraction of sp³-hybridized carbons (Fsp3) is 0.350. The Balaban J connectivity index is 1.66. The van der Waals surface area contributed by atoms with Crippen molar-refractivity contribution in [2.45, 2.75) is 38.2 Å². The monoisotopic (exact) mass is 457 g/mol. The molecule has 3 N–H and O–H groups in total. The molecule has 0 unspecified atom stereocenters. The zero-order chi connectivity index (χ0) is 23.6. The summed E-state index contributed by atoms with van der Waals surface area (Å²) in [5.74, 6) is -1.37. The highest BCUT2D eigenvalue weighted by Crippen LogP contribution is 2.31. The summed E-state index contributed by atoms with van der Waals surface area (Å²) in [6, 6.07) is 3.88. The summed E-state index contributed by atoms with van der Waals surface area (Å²) in [7, 11) is 1.26. The maximum absolute atomic E-state index is 14.1. The minimum absolute atomic E-state index is 0.0338. The number of aliphatic imine (C=N–C) groups is 1. The number of rotatable bonds is 6. The predicted molar refractivity (Wildman–Crippen MR) is 106 cm³/mol. The number of anilines is 1. The van der Waals surface area contributed by atoms with E-state index >= 15 is 0 Å². The zero-order valence-electron chi connectivity index (χ0n) is 17.1. The van der Waals surface area contributed by atoms with Crippen molar-refractivity contribution in [3.63, 3.8) is 0 Å². The molecule has 1 fully saturated rings. The third-order valence-electron chi connectivity index (χ3n) is 4.76. The summed E-state index contributed by atoms with van der Waals surface area (Å²) < 4.78 is 70.7. The molecule has 0 radical (unpaired) electrons. The minimum Gasteiger partial charge on any atom is -0.460 e. The first-order chi connectivity index (χ1) is 15.0. The van der Waals surface area contributed by atoms with Crippen molar-refractivity contribution in [2.75, 3.05) is 12.4 Å². The number of carbonyl (C=O) groups excluding carboxylic acids is 1. The summed E-state index contributed by atoms with van der Waals surface area (Å²) in [6.45, 7) is 1.12. The summed E-state index contributed by atoms with van der Waals surface area (Å²) >= 11 is 0. The van der Waals surface area contributed by atoms with Crippen molar-refractivity contribution in [1.29, 1.82) is 0 Å². The second kappa shape index (κ2) is 9.07. The number of pyridine rings is 1. The number of nitrogens with two attached hydrogens (primary N) is 1. The number of amidine groups is 1. The lowest BCUT2D eigenvalue weighted by Crippen LogP contribution is -2.22. The molecule has 0 saturated heterocycles. The van der Waals surface area contributed by atoms with Gasteiger partial charge in [-0.25, -0.2) is 9.38 Å². The Morgan fingerprint density at radius 2 is 2.09 bits per heavy atom. The van der Waals surface area contributed by atoms with Crippen molar-refractivity contribution in [3.8, 4) is 0 Å². The van der Waals surface area contributed by atoms with E-state index in [-0.39, 0.29) is 35.1 Å². The number of carbonyl (C=O) groups is 1. The van der Waals surface area contributed by atoms with Crippen LogP contribution in [0.1, 0.15) is 33.6 Å². The molecule has 2 atom stereocenters. The molecule has 12 heteroatoms. The Bertz CT molecular complexity index is 1040. The van der Waals surface area contributed by atoms with Crippen molar-refractivity contribution < 1.29 is 31.6 Å². The number of ether oxygens (including phenoxy) is 1. The van der Waals surface area contributed by atoms with Crippen LogP contribution in [0.3, 0.4) is 0 Å². The van der Waals surface area contributed by atoms with Gasteiger partial charge in [0, 0.05) is 30.9 Å². The average Bonchev–Trinajstić information content (AvgIpc) is 3.47. The molecule has 32 heavy (non-hydrogen) atoms. The van der Waals surface area contributed by atoms with Crippen LogP contribution >= 0.6 is 0 Å². The molecular weight excluding hydrogens is 437 g/mol. The van der Waals surface area contributed by atoms with Crippen LogP contribution in [0.25, 0.3) is 0 Å². The third-order valence-corrected chi connectivity index (χ3v) is 4.76. The lowest BCUT2D eigenvalue weighted by Gasteiger charge is -2.11. The molecule has 1 aromatic heterocycles. The van der Waals surface area contributed by atoms with Crippen LogP contribution in [0.5, 0.6) is 0 Å². The molecule has 7 nitrogen and oxygen atoms in total. The summed E-state index contributed by atoms with van der Waals surface area (Å²) in [4.78, 5) is 19.9. The van der Waals surface area contributed by atoms with E-state index in [0.717, 1.165) is 12.1 Å². The number of nitrogens with one attached hydrogen (secondary N) is 1. The highest BCUT2D eigenvalue weighted by molar-refractivity contribution is 6.03. The number of aromatic nitrogens is 1. The number of benzene rings is 1. The molecule has 3 rings (SSSR count). The Morgan fingerprint density at radius 1 is 1.38 bits per heavy atom. The van der Waals surface area contributed by atoms with E-state index in [0.29, 0.717) is 17.7 Å². The van der Waals surface area contributed by atoms with Crippen LogP contribution in [0.2, 0.25) is 0 Å². The first kappa shape index (κ1) is 23.4. The molecule has 0 aliphatic heterocycles. The van der Waals surface area contributed by atoms with Gasteiger partial charge < -0.3 is 15.8 Å². The maximum atomic E-state index is 14.1. The van der Waals surface area contributed by atoms with Crippen molar-refractivity contribution in [1.82, 2.24) is 10.1 Å². The van der Waals surface area contributed by atoms with E-state index in [9.17, 15) is 26.8 Å². The number of amides is 1. The second-order valence-corrected chi connectivity index (χ2v) is 7.29. The van der Waals surface area contributed by atoms with E-state index in [4.69, 9.17) is 10.5 Å². The fourth-order valence-electron chi connectivity index (χ4n) is 2.95. The van der Waals surface area contributed by atoms with Crippen LogP contribution in [-0.4, -0.2) is 41.2 Å². The topological polar surface area (TPSA) is 92.8 Å². The number of halogens is 5. The van der Waals surface area contributed by atoms with Crippen LogP contribution < -0.4 is 11.1 Å². The summed E-state index contributed by atoms with van der Waals surface area (Å²) in [6.07, 6.45) is -3.98. The fourth-order valence-corrected chi connectivity index (χ4v) is 2.95. The highest BCUT2D eigenvalue weighted by Gasteiger charge is 2.44. The summed E-state index contributed by atoms with van der Waals surface area (Å²) in [5.41, 5.74) is 4.77. The van der Waals surface area contributed by atoms with Gasteiger partial charge in [0.1, 0.15) is 17.6 Å². The number of likely N-dealkylation sites (N-methyl/N-ethyl adjacent to an activating group) is 1. The quantitative estimate of drug-likeness (QED) is 0.299. The van der Waals surface area contributed by atoms with Crippen LogP contribution in [0.4, 0.5) is 27.7 Å². The largest absolute Gasteiger partial charge is 0.460 e. The Labute approximate surface area is 180 Å². The highest BCUT2D eigenvalue weighted by atomic mass is 19.4. The number of hydrogen-bond donors (Lipinski definition) is 2. The number of hydrogen-bond acceptors (Lipinski definition) is 5. The van der Waals surface area contributed by atoms with Crippen molar-refractivity contribution >= 4 is 17.6 Å². The summed E-state index contributed by atoms with van der Waals surface area (Å²) in [5, 5.41) is 2.98. The van der Waals surface area contributed by atoms with Crippen molar-refractivity contribution in [2.24, 2.45) is 10.7 Å². The van der Waals surface area contributed by atoms with Gasteiger partial charge in [0.25, 0.3) is 11.9 Å². The van der Waals surface area contributed by atoms with Crippen LogP contribution in [0.15, 0.2) is 35.5 Å². The molecule has 1 aliphatic carbocycles. The lowest BCUT2D eigenvalue weighted by atomic mass is 10.1. The van der Waals surface area contributed by atoms with Crippen molar-refractivity contribution in [3.05, 3.63) is 58.7 Å². The Kier molecular flexibility index (Phi) is 6.63. The van der Waals surface area contributed by atoms with Gasteiger partial charge in [-0.2, -0.15) is 13.2 Å². The minimum atomic E-state index is -4.58. The standard InChI is InChI=1S/C20H20F5N5O2/c1-10-5-12(20(22,23)24)9-27-17(10)18(31)29-13-3-4-14(21)11(6-13)8-28-19(26)32-16-7-15(16)30(2)25/h3-6,9,15-16H,7-8H2,1-2H3,(H2,26,28)(H,29,31)/t15-,16+/m0/s1. The second-order valence-electron chi connectivity index (χ2n) is 7.29. The molecule has 172 valence electrons. The molecule has 1 amide bonds. The van der Waals surface area contributed by atoms with Gasteiger partial charge in [-0.05, 0) is 36.8 Å². The van der Waals surface area contributed by atoms with Crippen LogP contribution in [-0.2, 0) is 17.5 Å². The van der Waals surface area contributed by atoms with Gasteiger partial charge in [0.2, 0.25) is 0 Å². The van der Waals surface area contributed by atoms with E-state index in [1.54, 1.807) is 0 Å². The number of alkyl halides is 3. The van der Waals surface area contributed by atoms with E-state index < -0.39 is 35.6 Å². The molecule has 0 spiro atoms. The first-order valence-electron chi connectivity index (χ1n) is 9.44. The van der Waals surface area contributed by atoms with Gasteiger partial charge >= 0.3 is 6.18 Å². The molecule has 2 aromatic rings. The number of aryl methyl sites for hydroxylation is 1. The maximum Gasteiger partial charge on any atom is 0.417 e. The zero-order valence-corrected chi connectivity index (χ0v) is 17.1. The van der Waals surface area contributed by atoms with E-state index in [2.05, 4.69) is 15.3 Å². The first-order valence-corrected chi connectivity index (χ1v) is 9.44. The molecule has 1 aromatic carbocycles. The normalized spacial score (nSPS) is 18.6. The van der Waals surface area contributed by atoms with Crippen LogP contribution in [0, 0.1) is 12.7 Å². The van der Waals surface area contributed by atoms with Gasteiger partial charge in [-0.15, -0.1) is 9.60 Å². The molecular formula is C20H20F5N5O2. The van der Waals surface area contributed by atoms with Gasteiger partial charge in [-0.3, -0.25) is 9.78 Å². The number of nitrogens with zero attached hydrogens (tertiary/aromatic N) is 3. The average molecular weight is 457 g/mol. The predicted octanol–water partition coefficient (Wildman–Crippen LogP) is 3.59. The van der Waals surface area contributed by atoms with E-state index in [1.807, 2.05) is 0 Å². The molecule has 1 heterocycles. The van der Waals surface area contributed by atoms with E-state index in [1.165, 1.54) is 26.1 Å². The SMILES string of the molecule is Cc1cc(C(F)(F)F)cnc1C(=O)Nc1ccc(F)c(CN=C(N)O[C@@H]2C[C@@H]2N(C)F)c1. The van der Waals surface area contributed by atoms with Gasteiger partial charge in [0.15, 0.2) is 0 Å². The van der Waals surface area contributed by atoms with Gasteiger partial charge in [-0.1, -0.05) is 0 Å². The van der Waals surface area contributed by atoms with Gasteiger partial charge in [0.05, 0.1) is 18.2 Å². The molecule has 0 bridgehead atoms. The lowest BCUT2D eigenvalue weighted by molar-refractivity contribution is -0.137. The molecule has 1 aliphatic rings. The third kappa shape index (κ3) is 5.69.